The smallest absolute Gasteiger partial charge is 0.228 e. The maximum atomic E-state index is 8.72. The summed E-state index contributed by atoms with van der Waals surface area (Å²) >= 11 is 3.43. The first kappa shape index (κ1) is 11.8. The van der Waals surface area contributed by atoms with Crippen LogP contribution < -0.4 is 0 Å². The van der Waals surface area contributed by atoms with Gasteiger partial charge in [-0.1, -0.05) is 33.2 Å². The summed E-state index contributed by atoms with van der Waals surface area (Å²) in [7, 11) is 0. The monoisotopic (exact) mass is 291 g/mol. The molecule has 1 atom stereocenters. The molecule has 1 unspecified atom stereocenters. The van der Waals surface area contributed by atoms with E-state index in [0.717, 1.165) is 10.0 Å². The standard InChI is InChI=1S/C12H10BrN3O/c1-8(7-14)6-11-15-12(16-17-11)9-4-2-3-5-10(9)13/h2-5,8H,6H2,1H3. The first-order valence-corrected chi connectivity index (χ1v) is 5.97. The Morgan fingerprint density at radius 2 is 2.24 bits per heavy atom. The van der Waals surface area contributed by atoms with Gasteiger partial charge in [0.2, 0.25) is 11.7 Å². The highest BCUT2D eigenvalue weighted by atomic mass is 79.9. The number of aromatic nitrogens is 2. The molecule has 0 aliphatic heterocycles. The van der Waals surface area contributed by atoms with E-state index in [-0.39, 0.29) is 5.92 Å². The van der Waals surface area contributed by atoms with Crippen molar-refractivity contribution in [3.05, 3.63) is 34.6 Å². The number of hydrogen-bond donors (Lipinski definition) is 0. The molecule has 1 aromatic carbocycles. The van der Waals surface area contributed by atoms with Crippen LogP contribution in [0.4, 0.5) is 0 Å². The summed E-state index contributed by atoms with van der Waals surface area (Å²) in [4.78, 5) is 4.27. The van der Waals surface area contributed by atoms with Crippen molar-refractivity contribution in [1.29, 1.82) is 5.26 Å². The Morgan fingerprint density at radius 3 is 2.94 bits per heavy atom. The van der Waals surface area contributed by atoms with Gasteiger partial charge in [-0.3, -0.25) is 0 Å². The van der Waals surface area contributed by atoms with Gasteiger partial charge in [0.1, 0.15) is 0 Å². The van der Waals surface area contributed by atoms with Crippen molar-refractivity contribution in [1.82, 2.24) is 10.1 Å². The van der Waals surface area contributed by atoms with Crippen LogP contribution in [0, 0.1) is 17.2 Å². The van der Waals surface area contributed by atoms with E-state index in [4.69, 9.17) is 9.78 Å². The summed E-state index contributed by atoms with van der Waals surface area (Å²) < 4.78 is 6.03. The summed E-state index contributed by atoms with van der Waals surface area (Å²) in [5.74, 6) is 0.907. The largest absolute Gasteiger partial charge is 0.339 e. The molecule has 0 spiro atoms. The molecule has 4 nitrogen and oxygen atoms in total. The maximum absolute atomic E-state index is 8.72. The quantitative estimate of drug-likeness (QED) is 0.871. The topological polar surface area (TPSA) is 62.7 Å². The lowest BCUT2D eigenvalue weighted by molar-refractivity contribution is 0.369. The fourth-order valence-electron chi connectivity index (χ4n) is 1.40. The number of rotatable bonds is 3. The molecule has 2 aromatic rings. The molecule has 1 aromatic heterocycles. The van der Waals surface area contributed by atoms with E-state index in [2.05, 4.69) is 32.1 Å². The average Bonchev–Trinajstić information content (AvgIpc) is 2.78. The molecule has 0 radical (unpaired) electrons. The molecule has 0 saturated heterocycles. The highest BCUT2D eigenvalue weighted by Crippen LogP contribution is 2.25. The van der Waals surface area contributed by atoms with Crippen LogP contribution >= 0.6 is 15.9 Å². The van der Waals surface area contributed by atoms with Crippen molar-refractivity contribution in [3.63, 3.8) is 0 Å². The van der Waals surface area contributed by atoms with Crippen LogP contribution in [-0.2, 0) is 6.42 Å². The van der Waals surface area contributed by atoms with Crippen LogP contribution in [-0.4, -0.2) is 10.1 Å². The second-order valence-corrected chi connectivity index (χ2v) is 4.58. The fourth-order valence-corrected chi connectivity index (χ4v) is 1.86. The van der Waals surface area contributed by atoms with E-state index in [1.54, 1.807) is 0 Å². The SMILES string of the molecule is CC(C#N)Cc1nc(-c2ccccc2Br)no1. The molecular formula is C12H10BrN3O. The van der Waals surface area contributed by atoms with E-state index in [1.807, 2.05) is 31.2 Å². The van der Waals surface area contributed by atoms with E-state index in [0.29, 0.717) is 18.1 Å². The molecule has 2 rings (SSSR count). The van der Waals surface area contributed by atoms with E-state index in [9.17, 15) is 0 Å². The molecular weight excluding hydrogens is 282 g/mol. The molecule has 0 aliphatic rings. The molecule has 0 saturated carbocycles. The zero-order valence-corrected chi connectivity index (χ0v) is 10.8. The zero-order chi connectivity index (χ0) is 12.3. The molecule has 0 bridgehead atoms. The van der Waals surface area contributed by atoms with Crippen LogP contribution in [0.25, 0.3) is 11.4 Å². The van der Waals surface area contributed by atoms with E-state index in [1.165, 1.54) is 0 Å². The predicted octanol–water partition coefficient (Wildman–Crippen LogP) is 3.20. The summed E-state index contributed by atoms with van der Waals surface area (Å²) in [6.45, 7) is 1.82. The minimum absolute atomic E-state index is 0.123. The fraction of sp³-hybridized carbons (Fsp3) is 0.250. The Morgan fingerprint density at radius 1 is 1.47 bits per heavy atom. The molecule has 0 amide bonds. The summed E-state index contributed by atoms with van der Waals surface area (Å²) in [5.41, 5.74) is 0.882. The number of benzene rings is 1. The van der Waals surface area contributed by atoms with Gasteiger partial charge in [0, 0.05) is 16.5 Å². The average molecular weight is 292 g/mol. The van der Waals surface area contributed by atoms with Crippen molar-refractivity contribution in [2.45, 2.75) is 13.3 Å². The molecule has 5 heteroatoms. The molecule has 0 N–H and O–H groups in total. The Labute approximate surface area is 107 Å². The maximum Gasteiger partial charge on any atom is 0.228 e. The minimum Gasteiger partial charge on any atom is -0.339 e. The van der Waals surface area contributed by atoms with Crippen LogP contribution in [0.2, 0.25) is 0 Å². The van der Waals surface area contributed by atoms with Crippen molar-refractivity contribution in [2.24, 2.45) is 5.92 Å². The third kappa shape index (κ3) is 2.71. The lowest BCUT2D eigenvalue weighted by atomic mass is 10.1. The van der Waals surface area contributed by atoms with Crippen molar-refractivity contribution < 1.29 is 4.52 Å². The van der Waals surface area contributed by atoms with E-state index < -0.39 is 0 Å². The van der Waals surface area contributed by atoms with Gasteiger partial charge in [-0.05, 0) is 19.1 Å². The van der Waals surface area contributed by atoms with Gasteiger partial charge in [0.15, 0.2) is 0 Å². The van der Waals surface area contributed by atoms with Gasteiger partial charge in [-0.2, -0.15) is 10.2 Å². The van der Waals surface area contributed by atoms with E-state index >= 15 is 0 Å². The zero-order valence-electron chi connectivity index (χ0n) is 9.22. The highest BCUT2D eigenvalue weighted by molar-refractivity contribution is 9.10. The Balaban J connectivity index is 2.25. The molecule has 0 fully saturated rings. The van der Waals surface area contributed by atoms with Gasteiger partial charge in [0.25, 0.3) is 0 Å². The van der Waals surface area contributed by atoms with Gasteiger partial charge < -0.3 is 4.52 Å². The number of nitrogens with zero attached hydrogens (tertiary/aromatic N) is 3. The normalized spacial score (nSPS) is 12.1. The summed E-state index contributed by atoms with van der Waals surface area (Å²) in [5, 5.41) is 12.6. The lowest BCUT2D eigenvalue weighted by Gasteiger charge is -1.96. The molecule has 86 valence electrons. The van der Waals surface area contributed by atoms with Crippen molar-refractivity contribution >= 4 is 15.9 Å². The Kier molecular flexibility index (Phi) is 3.55. The molecule has 1 heterocycles. The number of hydrogen-bond acceptors (Lipinski definition) is 4. The van der Waals surface area contributed by atoms with Crippen LogP contribution in [0.3, 0.4) is 0 Å². The molecule has 0 aliphatic carbocycles. The lowest BCUT2D eigenvalue weighted by Crippen LogP contribution is -1.96. The van der Waals surface area contributed by atoms with Crippen molar-refractivity contribution in [3.8, 4) is 17.5 Å². The third-order valence-corrected chi connectivity index (χ3v) is 2.98. The Bertz CT molecular complexity index is 559. The first-order valence-electron chi connectivity index (χ1n) is 5.18. The van der Waals surface area contributed by atoms with Crippen molar-refractivity contribution in [2.75, 3.05) is 0 Å². The second kappa shape index (κ2) is 5.11. The summed E-state index contributed by atoms with van der Waals surface area (Å²) in [6, 6.07) is 9.80. The highest BCUT2D eigenvalue weighted by Gasteiger charge is 2.13. The van der Waals surface area contributed by atoms with Gasteiger partial charge in [-0.25, -0.2) is 0 Å². The Hall–Kier alpha value is -1.67. The molecule has 17 heavy (non-hydrogen) atoms. The van der Waals surface area contributed by atoms with Crippen LogP contribution in [0.15, 0.2) is 33.3 Å². The van der Waals surface area contributed by atoms with Crippen LogP contribution in [0.1, 0.15) is 12.8 Å². The van der Waals surface area contributed by atoms with Gasteiger partial charge >= 0.3 is 0 Å². The number of nitriles is 1. The third-order valence-electron chi connectivity index (χ3n) is 2.28. The number of halogens is 1. The van der Waals surface area contributed by atoms with Gasteiger partial charge in [-0.15, -0.1) is 0 Å². The van der Waals surface area contributed by atoms with Crippen LogP contribution in [0.5, 0.6) is 0 Å². The van der Waals surface area contributed by atoms with Gasteiger partial charge in [0.05, 0.1) is 12.0 Å². The minimum atomic E-state index is -0.123. The summed E-state index contributed by atoms with van der Waals surface area (Å²) in [6.07, 6.45) is 0.480. The second-order valence-electron chi connectivity index (χ2n) is 3.73. The first-order chi connectivity index (χ1) is 8.20. The predicted molar refractivity (Wildman–Crippen MR) is 65.9 cm³/mol.